The molecule has 250 valence electrons. The van der Waals surface area contributed by atoms with Gasteiger partial charge in [-0.25, -0.2) is 4.99 Å². The Balaban J connectivity index is 1.42. The van der Waals surface area contributed by atoms with Crippen molar-refractivity contribution in [2.45, 2.75) is 78.4 Å². The predicted octanol–water partition coefficient (Wildman–Crippen LogP) is 6.71. The average molecular weight is 664 g/mol. The van der Waals surface area contributed by atoms with E-state index in [1.54, 1.807) is 13.8 Å². The molecule has 4 aromatic carbocycles. The number of benzene rings is 4. The molecule has 0 unspecified atom stereocenters. The van der Waals surface area contributed by atoms with Crippen molar-refractivity contribution in [2.24, 2.45) is 4.99 Å². The number of aromatic hydroxyl groups is 4. The number of rotatable bonds is 1. The summed E-state index contributed by atoms with van der Waals surface area (Å²) in [4.78, 5) is 47.0. The molecule has 0 aromatic heterocycles. The molecule has 49 heavy (non-hydrogen) atoms. The number of ketones is 3. The number of fused-ring (bicyclic) bond motifs is 4. The van der Waals surface area contributed by atoms with E-state index < -0.39 is 74.6 Å². The lowest BCUT2D eigenvalue weighted by molar-refractivity contribution is 0.101. The van der Waals surface area contributed by atoms with Crippen molar-refractivity contribution in [3.8, 4) is 34.5 Å². The van der Waals surface area contributed by atoms with E-state index in [0.29, 0.717) is 44.5 Å². The molecule has 0 bridgehead atoms. The van der Waals surface area contributed by atoms with Crippen LogP contribution in [0.4, 0.5) is 0 Å². The SMILES string of the molecule is Cc1cc(O)c2c3c(c(O)c4c(c13)OC(C)(C)[C@H]4C)C(=O)C(N=C1C(=O)c3c(O)cc(C)c4c5c(c(O)c(c34)C1=O)C(C)(C)[C@@H](C)O5)=C2O. The normalized spacial score (nSPS) is 22.2. The molecule has 0 saturated carbocycles. The summed E-state index contributed by atoms with van der Waals surface area (Å²) in [7, 11) is 0. The van der Waals surface area contributed by atoms with Crippen LogP contribution in [0.15, 0.2) is 22.8 Å². The molecule has 11 nitrogen and oxygen atoms in total. The predicted molar refractivity (Wildman–Crippen MR) is 180 cm³/mol. The van der Waals surface area contributed by atoms with Crippen molar-refractivity contribution in [1.29, 1.82) is 0 Å². The van der Waals surface area contributed by atoms with E-state index in [2.05, 4.69) is 4.99 Å². The zero-order valence-electron chi connectivity index (χ0n) is 28.0. The van der Waals surface area contributed by atoms with Crippen molar-refractivity contribution < 1.29 is 49.4 Å². The minimum Gasteiger partial charge on any atom is -0.507 e. The van der Waals surface area contributed by atoms with Gasteiger partial charge in [-0.2, -0.15) is 0 Å². The smallest absolute Gasteiger partial charge is 0.219 e. The minimum absolute atomic E-state index is 0.00573. The summed E-state index contributed by atoms with van der Waals surface area (Å²) in [5, 5.41) is 58.1. The Morgan fingerprint density at radius 2 is 1.22 bits per heavy atom. The fourth-order valence-corrected chi connectivity index (χ4v) is 8.02. The van der Waals surface area contributed by atoms with Crippen LogP contribution in [0.3, 0.4) is 0 Å². The maximum atomic E-state index is 14.4. The van der Waals surface area contributed by atoms with Crippen LogP contribution in [0.2, 0.25) is 0 Å². The number of phenols is 4. The van der Waals surface area contributed by atoms with Crippen molar-refractivity contribution >= 4 is 50.4 Å². The van der Waals surface area contributed by atoms with E-state index in [4.69, 9.17) is 9.47 Å². The van der Waals surface area contributed by atoms with Gasteiger partial charge < -0.3 is 35.0 Å². The van der Waals surface area contributed by atoms with Gasteiger partial charge in [0.15, 0.2) is 17.2 Å². The highest BCUT2D eigenvalue weighted by atomic mass is 16.5. The Kier molecular flexibility index (Phi) is 5.71. The number of carbonyl (C=O) groups is 3. The second-order valence-electron chi connectivity index (χ2n) is 14.6. The summed E-state index contributed by atoms with van der Waals surface area (Å²) in [6, 6.07) is 2.74. The molecule has 0 radical (unpaired) electrons. The molecule has 2 atom stereocenters. The highest BCUT2D eigenvalue weighted by Gasteiger charge is 2.49. The molecule has 0 spiro atoms. The Morgan fingerprint density at radius 3 is 1.86 bits per heavy atom. The fourth-order valence-electron chi connectivity index (χ4n) is 8.02. The lowest BCUT2D eigenvalue weighted by Crippen LogP contribution is -2.32. The largest absolute Gasteiger partial charge is 0.507 e. The average Bonchev–Trinajstić information content (AvgIpc) is 3.37. The number of aliphatic imine (C=N–C) groups is 1. The van der Waals surface area contributed by atoms with Crippen molar-refractivity contribution in [3.05, 3.63) is 62.3 Å². The van der Waals surface area contributed by atoms with E-state index in [0.717, 1.165) is 0 Å². The van der Waals surface area contributed by atoms with Gasteiger partial charge >= 0.3 is 0 Å². The first kappa shape index (κ1) is 30.7. The first-order chi connectivity index (χ1) is 22.8. The van der Waals surface area contributed by atoms with E-state index in [9.17, 15) is 39.9 Å². The van der Waals surface area contributed by atoms with Crippen LogP contribution >= 0.6 is 0 Å². The van der Waals surface area contributed by atoms with Gasteiger partial charge in [0.1, 0.15) is 46.2 Å². The summed E-state index contributed by atoms with van der Waals surface area (Å²) in [6.45, 7) is 14.4. The standard InChI is InChI=1S/C38H33NO10/c1-11-9-15(40)20-22-17(11)35-19(13(3)38(7,8)49-35)29(42)24(22)33(46)27(31(20)44)39-28-32(45)21-16(41)10-12(2)18-23(21)25(34(28)47)30(43)26-36(18)48-14(4)37(26,5)6/h9-10,13-14,40-44H,1-8H3/t13-,14+/m0/s1. The highest BCUT2D eigenvalue weighted by Crippen LogP contribution is 2.59. The van der Waals surface area contributed by atoms with Gasteiger partial charge in [-0.05, 0) is 57.9 Å². The number of aryl methyl sites for hydroxylation is 2. The van der Waals surface area contributed by atoms with Gasteiger partial charge in [-0.1, -0.05) is 20.8 Å². The number of carbonyl (C=O) groups excluding carboxylic acids is 3. The molecule has 0 saturated heterocycles. The van der Waals surface area contributed by atoms with E-state index in [-0.39, 0.29) is 38.9 Å². The monoisotopic (exact) mass is 663 g/mol. The first-order valence-corrected chi connectivity index (χ1v) is 16.0. The summed E-state index contributed by atoms with van der Waals surface area (Å²) in [6.07, 6.45) is -0.419. The number of Topliss-reactive ketones (excluding diaryl/α,β-unsaturated/α-hetero) is 3. The van der Waals surface area contributed by atoms with Crippen molar-refractivity contribution in [1.82, 2.24) is 0 Å². The Hall–Kier alpha value is -5.58. The lowest BCUT2D eigenvalue weighted by atomic mass is 9.75. The third-order valence-corrected chi connectivity index (χ3v) is 11.2. The molecule has 4 aliphatic rings. The lowest BCUT2D eigenvalue weighted by Gasteiger charge is -2.26. The number of allylic oxidation sites excluding steroid dienone is 1. The quantitative estimate of drug-likeness (QED) is 0.147. The third-order valence-electron chi connectivity index (χ3n) is 11.2. The van der Waals surface area contributed by atoms with Gasteiger partial charge in [0, 0.05) is 44.0 Å². The molecular weight excluding hydrogens is 630 g/mol. The Morgan fingerprint density at radius 1 is 0.694 bits per heavy atom. The highest BCUT2D eigenvalue weighted by molar-refractivity contribution is 6.76. The van der Waals surface area contributed by atoms with Gasteiger partial charge in [-0.3, -0.25) is 14.4 Å². The molecule has 2 heterocycles. The zero-order valence-corrected chi connectivity index (χ0v) is 28.0. The summed E-state index contributed by atoms with van der Waals surface area (Å²) in [5.41, 5.74) is -2.60. The molecule has 4 aromatic rings. The van der Waals surface area contributed by atoms with Gasteiger partial charge in [0.2, 0.25) is 17.3 Å². The minimum atomic E-state index is -1.05. The van der Waals surface area contributed by atoms with Crippen LogP contribution in [-0.4, -0.2) is 60.3 Å². The first-order valence-electron chi connectivity index (χ1n) is 16.0. The molecule has 0 amide bonds. The number of nitrogens with zero attached hydrogens (tertiary/aromatic N) is 1. The summed E-state index contributed by atoms with van der Waals surface area (Å²) < 4.78 is 12.4. The molecule has 11 heteroatoms. The molecule has 0 fully saturated rings. The maximum Gasteiger partial charge on any atom is 0.219 e. The number of hydrogen-bond donors (Lipinski definition) is 5. The number of phenolic OH excluding ortho intramolecular Hbond substituents is 4. The van der Waals surface area contributed by atoms with E-state index >= 15 is 0 Å². The van der Waals surface area contributed by atoms with Crippen LogP contribution < -0.4 is 9.47 Å². The van der Waals surface area contributed by atoms with Crippen molar-refractivity contribution in [3.63, 3.8) is 0 Å². The second kappa shape index (κ2) is 9.10. The van der Waals surface area contributed by atoms with Crippen LogP contribution in [0, 0.1) is 13.8 Å². The van der Waals surface area contributed by atoms with Crippen LogP contribution in [0.1, 0.15) is 106 Å². The van der Waals surface area contributed by atoms with Gasteiger partial charge in [0.25, 0.3) is 0 Å². The summed E-state index contributed by atoms with van der Waals surface area (Å²) >= 11 is 0. The number of aliphatic hydroxyl groups excluding tert-OH is 1. The summed E-state index contributed by atoms with van der Waals surface area (Å²) in [5.74, 6) is -5.49. The van der Waals surface area contributed by atoms with E-state index in [1.165, 1.54) is 12.1 Å². The number of ether oxygens (including phenoxy) is 2. The Labute approximate surface area is 279 Å². The Bertz CT molecular complexity index is 2450. The molecule has 2 aliphatic carbocycles. The van der Waals surface area contributed by atoms with Crippen LogP contribution in [-0.2, 0) is 5.41 Å². The molecule has 8 rings (SSSR count). The van der Waals surface area contributed by atoms with E-state index in [1.807, 2.05) is 41.5 Å². The van der Waals surface area contributed by atoms with Crippen molar-refractivity contribution in [2.75, 3.05) is 0 Å². The molecule has 5 N–H and O–H groups in total. The zero-order chi connectivity index (χ0) is 35.5. The van der Waals surface area contributed by atoms with Gasteiger partial charge in [-0.15, -0.1) is 0 Å². The molecule has 2 aliphatic heterocycles. The fraction of sp³-hybridized carbons (Fsp3) is 0.316. The topological polar surface area (TPSA) is 183 Å². The number of aliphatic hydroxyl groups is 1. The van der Waals surface area contributed by atoms with Crippen LogP contribution in [0.5, 0.6) is 34.5 Å². The van der Waals surface area contributed by atoms with Gasteiger partial charge in [0.05, 0.1) is 22.3 Å². The third kappa shape index (κ3) is 3.47. The molecular formula is C38H33NO10. The second-order valence-corrected chi connectivity index (χ2v) is 14.6. The van der Waals surface area contributed by atoms with Crippen LogP contribution in [0.25, 0.3) is 27.3 Å². The maximum absolute atomic E-state index is 14.4. The number of hydrogen-bond acceptors (Lipinski definition) is 11.